The second-order valence-corrected chi connectivity index (χ2v) is 27.0. The molecule has 6 amide bonds. The van der Waals surface area contributed by atoms with Gasteiger partial charge in [-0.1, -0.05) is 49.4 Å². The van der Waals surface area contributed by atoms with Crippen LogP contribution in [0, 0.1) is 18.8 Å². The number of aliphatic hydroxyl groups is 2. The molecule has 25 nitrogen and oxygen atoms in total. The van der Waals surface area contributed by atoms with Crippen LogP contribution in [0.3, 0.4) is 0 Å². The number of carboxylic acid groups (broad SMARTS) is 1. The van der Waals surface area contributed by atoms with Crippen LogP contribution >= 0.6 is 68.0 Å². The topological polar surface area (TPSA) is 394 Å². The van der Waals surface area contributed by atoms with Gasteiger partial charge < -0.3 is 58.1 Å². The van der Waals surface area contributed by atoms with Gasteiger partial charge in [-0.05, 0) is 68.2 Å². The Morgan fingerprint density at radius 2 is 1.26 bits per heavy atom. The summed E-state index contributed by atoms with van der Waals surface area (Å²) in [5.74, 6) is -6.64. The first kappa shape index (κ1) is 62.9. The number of primary amides is 2. The average Bonchev–Trinajstić information content (AvgIpc) is 3.59. The largest absolute Gasteiger partial charge is 0.508 e. The minimum absolute atomic E-state index is 0.0324. The van der Waals surface area contributed by atoms with E-state index < -0.39 is 96.0 Å². The number of carbonyl (C=O) groups excluding carboxylic acids is 6. The fraction of sp³-hybridized carbons (Fsp3) is 0.288. The monoisotopic (exact) mass is 1330 g/mol. The van der Waals surface area contributed by atoms with Gasteiger partial charge in [-0.3, -0.25) is 33.6 Å². The number of thiazole rings is 6. The number of fused-ring (bicyclic) bond motifs is 14. The minimum Gasteiger partial charge on any atom is -0.508 e. The molecule has 2 aromatic carbocycles. The lowest BCUT2D eigenvalue weighted by Crippen LogP contribution is -2.51. The number of benzene rings is 2. The number of hydrogen-bond donors (Lipinski definition) is 10. The van der Waals surface area contributed by atoms with Crippen LogP contribution in [0.1, 0.15) is 123 Å². The summed E-state index contributed by atoms with van der Waals surface area (Å²) in [6.07, 6.45) is -2.27. The van der Waals surface area contributed by atoms with Crippen molar-refractivity contribution in [3.05, 3.63) is 147 Å². The number of amides is 6. The van der Waals surface area contributed by atoms with Crippen molar-refractivity contribution in [3.63, 3.8) is 0 Å². The number of nitrogens with one attached hydrogen (secondary N) is 4. The zero-order chi connectivity index (χ0) is 63.5. The van der Waals surface area contributed by atoms with Gasteiger partial charge in [0.15, 0.2) is 0 Å². The summed E-state index contributed by atoms with van der Waals surface area (Å²) < 4.78 is 0. The summed E-state index contributed by atoms with van der Waals surface area (Å²) in [6.45, 7) is 4.36. The van der Waals surface area contributed by atoms with E-state index in [0.717, 1.165) is 45.3 Å². The third-order valence-electron chi connectivity index (χ3n) is 15.2. The van der Waals surface area contributed by atoms with Crippen LogP contribution in [0.4, 0.5) is 0 Å². The van der Waals surface area contributed by atoms with Crippen molar-refractivity contribution in [1.82, 2.24) is 61.1 Å². The highest BCUT2D eigenvalue weighted by Crippen LogP contribution is 2.40. The van der Waals surface area contributed by atoms with Gasteiger partial charge in [0.05, 0.1) is 36.2 Å². The number of aromatic nitrogens is 7. The van der Waals surface area contributed by atoms with E-state index in [9.17, 15) is 49.2 Å². The van der Waals surface area contributed by atoms with Crippen LogP contribution in [0.25, 0.3) is 43.4 Å². The Balaban J connectivity index is 1.01. The first-order valence-corrected chi connectivity index (χ1v) is 33.2. The molecule has 7 aromatic heterocycles. The van der Waals surface area contributed by atoms with Crippen molar-refractivity contribution in [1.29, 1.82) is 0 Å². The molecular formula is C59H56N14O11S6. The summed E-state index contributed by atoms with van der Waals surface area (Å²) in [4.78, 5) is 131. The average molecular weight is 1330 g/mol. The van der Waals surface area contributed by atoms with Crippen molar-refractivity contribution in [3.8, 4) is 49.1 Å². The second kappa shape index (κ2) is 27.2. The van der Waals surface area contributed by atoms with E-state index in [1.165, 1.54) is 50.9 Å². The highest BCUT2D eigenvalue weighted by atomic mass is 32.1. The van der Waals surface area contributed by atoms with Crippen LogP contribution in [0.15, 0.2) is 93.6 Å². The van der Waals surface area contributed by atoms with E-state index in [1.54, 1.807) is 79.2 Å². The maximum atomic E-state index is 15.2. The number of carboxylic acids is 1. The summed E-state index contributed by atoms with van der Waals surface area (Å²) in [6, 6.07) is 13.2. The van der Waals surface area contributed by atoms with Crippen LogP contribution in [0.5, 0.6) is 5.75 Å². The molecule has 1 fully saturated rings. The van der Waals surface area contributed by atoms with E-state index in [1.807, 2.05) is 4.90 Å². The number of nitrogens with zero attached hydrogens (tertiary/aromatic N) is 8. The van der Waals surface area contributed by atoms with Gasteiger partial charge >= 0.3 is 5.97 Å². The molecule has 2 aliphatic rings. The van der Waals surface area contributed by atoms with Gasteiger partial charge in [-0.2, -0.15) is 0 Å². The molecule has 0 unspecified atom stereocenters. The predicted molar refractivity (Wildman–Crippen MR) is 338 cm³/mol. The molecule has 7 atom stereocenters. The molecule has 0 spiro atoms. The molecule has 12 N–H and O–H groups in total. The Morgan fingerprint density at radius 1 is 0.633 bits per heavy atom. The highest BCUT2D eigenvalue weighted by Gasteiger charge is 2.37. The number of nitrogens with two attached hydrogens (primary N) is 2. The Labute approximate surface area is 536 Å². The number of β-amino-alcohol motifs (C(OH)–C–C–N with tert-alkyl or cyclic N) is 1. The molecule has 2 aliphatic heterocycles. The van der Waals surface area contributed by atoms with E-state index in [2.05, 4.69) is 36.2 Å². The second-order valence-electron chi connectivity index (χ2n) is 21.4. The van der Waals surface area contributed by atoms with Crippen LogP contribution in [-0.2, 0) is 20.8 Å². The number of likely N-dealkylation sites (tertiary alicyclic amines) is 1. The number of pyridine rings is 1. The Kier molecular flexibility index (Phi) is 19.0. The number of aliphatic carboxylic acids is 1. The molecule has 464 valence electrons. The van der Waals surface area contributed by atoms with E-state index in [4.69, 9.17) is 31.4 Å². The van der Waals surface area contributed by atoms with Crippen LogP contribution < -0.4 is 32.7 Å². The fourth-order valence-electron chi connectivity index (χ4n) is 10.3. The summed E-state index contributed by atoms with van der Waals surface area (Å²) in [7, 11) is 0. The molecule has 10 bridgehead atoms. The quantitative estimate of drug-likeness (QED) is 0.0592. The van der Waals surface area contributed by atoms with Gasteiger partial charge in [-0.15, -0.1) is 68.0 Å². The van der Waals surface area contributed by atoms with Crippen molar-refractivity contribution >= 4 is 109 Å². The number of aliphatic hydroxyl groups excluding tert-OH is 2. The first-order valence-electron chi connectivity index (χ1n) is 28.0. The third kappa shape index (κ3) is 14.2. The zero-order valence-electron chi connectivity index (χ0n) is 47.6. The number of carbonyl (C=O) groups is 7. The van der Waals surface area contributed by atoms with Gasteiger partial charge in [0.2, 0.25) is 11.8 Å². The van der Waals surface area contributed by atoms with Gasteiger partial charge in [0, 0.05) is 56.2 Å². The van der Waals surface area contributed by atoms with Crippen LogP contribution in [-0.4, -0.2) is 133 Å². The number of hydrogen-bond acceptors (Lipinski definition) is 24. The molecule has 11 rings (SSSR count). The van der Waals surface area contributed by atoms with Gasteiger partial charge in [0.1, 0.15) is 93.8 Å². The Hall–Kier alpha value is -8.66. The predicted octanol–water partition coefficient (Wildman–Crippen LogP) is 6.46. The van der Waals surface area contributed by atoms with E-state index >= 15 is 4.79 Å². The number of piperidine rings is 1. The van der Waals surface area contributed by atoms with E-state index in [0.29, 0.717) is 90.3 Å². The summed E-state index contributed by atoms with van der Waals surface area (Å²) in [5.41, 5.74) is 13.9. The smallest absolute Gasteiger partial charge is 0.306 e. The van der Waals surface area contributed by atoms with Crippen molar-refractivity contribution < 1.29 is 54.0 Å². The molecule has 90 heavy (non-hydrogen) atoms. The summed E-state index contributed by atoms with van der Waals surface area (Å²) >= 11 is 6.69. The zero-order valence-corrected chi connectivity index (χ0v) is 52.5. The number of phenolic OH excluding ortho intramolecular Hbond substituents is 1. The van der Waals surface area contributed by atoms with Gasteiger partial charge in [-0.25, -0.2) is 34.9 Å². The molecule has 0 radical (unpaired) electrons. The Morgan fingerprint density at radius 3 is 1.96 bits per heavy atom. The fourth-order valence-corrected chi connectivity index (χ4v) is 15.5. The standard InChI is InChI=1S/C59H56N14O11S6/c1-26(41(75)20-73-16-14-30(15-17-73)59(83)84)43-57-69-40(25-89-57)55-65-36(21-86-55)45-32(12-13-33(62-45)54-66-37(22-87-54)48(61)78)53-67-38(23-85-53)51(81)64-35(19-42(60)76)56-72-44(27(2)90-56)52(82)71-46(47(77)29-6-4-3-5-7-29)58-68-39(24-88-58)50(80)63-34(49(79)70-43)18-28-8-10-31(74)11-9-28/h3-13,21-26,30,34-35,41,43,46-47,74-75,77H,14-20H2,1-2H3,(H2,60,76)(H2,61,78)(H,63,80)(H,64,81)(H,70,79)(H,71,82)(H,83,84)/t26-,34-,35-,41-,43-,46-,47+/m0/s1. The maximum Gasteiger partial charge on any atom is 0.306 e. The van der Waals surface area contributed by atoms with Crippen molar-refractivity contribution in [2.24, 2.45) is 23.3 Å². The first-order chi connectivity index (χ1) is 43.2. The molecule has 9 heterocycles. The van der Waals surface area contributed by atoms with Crippen molar-refractivity contribution in [2.45, 2.75) is 75.9 Å². The normalized spacial score (nSPS) is 18.9. The summed E-state index contributed by atoms with van der Waals surface area (Å²) in [5, 5.41) is 65.4. The van der Waals surface area contributed by atoms with Crippen molar-refractivity contribution in [2.75, 3.05) is 19.6 Å². The molecule has 9 aromatic rings. The number of phenols is 1. The van der Waals surface area contributed by atoms with E-state index in [-0.39, 0.29) is 51.5 Å². The maximum absolute atomic E-state index is 15.2. The number of aromatic hydroxyl groups is 1. The SMILES string of the molecule is Cc1sc2nc1C(=O)N[C@@H]([C@H](O)c1ccccc1)c1nc(cs1)C(=O)N[C@@H](Cc1ccc(O)cc1)C(=O)N[C@@H]([C@@H](C)[C@@H](O)CN1CCC(C(=O)O)CC1)c1nc(cs1)-c1nc(cs1)-c1nc(-c3nc(C(N)=O)cs3)ccc1-c1nc(cs1)C(=O)N[C@H]2CC(N)=O. The molecule has 1 saturated heterocycles. The molecule has 31 heteroatoms. The lowest BCUT2D eigenvalue weighted by Gasteiger charge is -2.35. The minimum atomic E-state index is -1.44. The lowest BCUT2D eigenvalue weighted by molar-refractivity contribution is -0.143. The highest BCUT2D eigenvalue weighted by molar-refractivity contribution is 7.15. The number of aryl methyl sites for hydroxylation is 1. The third-order valence-corrected chi connectivity index (χ3v) is 20.7. The van der Waals surface area contributed by atoms with Crippen LogP contribution in [0.2, 0.25) is 0 Å². The molecular weight excluding hydrogens is 1270 g/mol. The molecule has 0 saturated carbocycles. The molecule has 0 aliphatic carbocycles. The van der Waals surface area contributed by atoms with Gasteiger partial charge in [0.25, 0.3) is 23.6 Å². The Bertz CT molecular complexity index is 4160. The lowest BCUT2D eigenvalue weighted by atomic mass is 9.92. The number of rotatable bonds is 13.